The lowest BCUT2D eigenvalue weighted by atomic mass is 10.1. The van der Waals surface area contributed by atoms with E-state index < -0.39 is 0 Å². The topological polar surface area (TPSA) is 12.0 Å². The van der Waals surface area contributed by atoms with Gasteiger partial charge in [-0.25, -0.2) is 0 Å². The van der Waals surface area contributed by atoms with E-state index in [2.05, 4.69) is 96.3 Å². The fourth-order valence-electron chi connectivity index (χ4n) is 3.55. The van der Waals surface area contributed by atoms with Crippen LogP contribution in [0.4, 0.5) is 5.69 Å². The maximum absolute atomic E-state index is 3.58. The van der Waals surface area contributed by atoms with E-state index in [4.69, 9.17) is 0 Å². The number of hydrogen-bond donors (Lipinski definition) is 1. The Hall–Kier alpha value is -3.10. The minimum atomic E-state index is 0.828. The predicted molar refractivity (Wildman–Crippen MR) is 119 cm³/mol. The molecule has 0 aliphatic rings. The highest BCUT2D eigenvalue weighted by Crippen LogP contribution is 2.36. The first-order valence-electron chi connectivity index (χ1n) is 9.17. The lowest BCUT2D eigenvalue weighted by Crippen LogP contribution is -1.99. The van der Waals surface area contributed by atoms with Gasteiger partial charge in [-0.3, -0.25) is 0 Å². The summed E-state index contributed by atoms with van der Waals surface area (Å²) in [6.45, 7) is 0.828. The van der Waals surface area contributed by atoms with Crippen LogP contribution in [0.2, 0.25) is 0 Å². The monoisotopic (exact) mass is 365 g/mol. The van der Waals surface area contributed by atoms with Gasteiger partial charge in [0.15, 0.2) is 0 Å². The van der Waals surface area contributed by atoms with E-state index in [9.17, 15) is 0 Å². The van der Waals surface area contributed by atoms with Crippen LogP contribution < -0.4 is 5.32 Å². The molecule has 4 aromatic carbocycles. The van der Waals surface area contributed by atoms with Crippen molar-refractivity contribution in [1.82, 2.24) is 0 Å². The summed E-state index contributed by atoms with van der Waals surface area (Å²) < 4.78 is 2.74. The van der Waals surface area contributed by atoms with Gasteiger partial charge >= 0.3 is 0 Å². The lowest BCUT2D eigenvalue weighted by molar-refractivity contribution is 1.17. The molecule has 0 saturated heterocycles. The Kier molecular flexibility index (Phi) is 4.11. The van der Waals surface area contributed by atoms with Gasteiger partial charge in [0.25, 0.3) is 0 Å². The third-order valence-corrected chi connectivity index (χ3v) is 6.22. The van der Waals surface area contributed by atoms with Crippen LogP contribution >= 0.6 is 11.3 Å². The molecule has 0 fully saturated rings. The second kappa shape index (κ2) is 6.90. The van der Waals surface area contributed by atoms with E-state index in [1.807, 2.05) is 17.4 Å². The van der Waals surface area contributed by atoms with E-state index in [0.717, 1.165) is 12.2 Å². The molecule has 1 N–H and O–H groups in total. The Bertz CT molecular complexity index is 1200. The first kappa shape index (κ1) is 16.1. The number of anilines is 1. The molecule has 27 heavy (non-hydrogen) atoms. The molecule has 0 unspecified atom stereocenters. The average Bonchev–Trinajstić information content (AvgIpc) is 3.13. The van der Waals surface area contributed by atoms with Gasteiger partial charge in [-0.05, 0) is 34.9 Å². The summed E-state index contributed by atoms with van der Waals surface area (Å²) in [5.74, 6) is 0. The molecule has 0 amide bonds. The highest BCUT2D eigenvalue weighted by Gasteiger charge is 2.08. The quantitative estimate of drug-likeness (QED) is 0.351. The third-order valence-electron chi connectivity index (χ3n) is 4.96. The maximum Gasteiger partial charge on any atom is 0.0415 e. The Morgan fingerprint density at radius 1 is 0.593 bits per heavy atom. The lowest BCUT2D eigenvalue weighted by Gasteiger charge is -2.09. The van der Waals surface area contributed by atoms with Gasteiger partial charge in [0.2, 0.25) is 0 Å². The van der Waals surface area contributed by atoms with Crippen LogP contribution in [0.1, 0.15) is 5.56 Å². The molecule has 0 bridgehead atoms. The number of rotatable bonds is 4. The zero-order valence-corrected chi connectivity index (χ0v) is 15.7. The van der Waals surface area contributed by atoms with Gasteiger partial charge < -0.3 is 5.32 Å². The van der Waals surface area contributed by atoms with Crippen LogP contribution in [0.15, 0.2) is 97.1 Å². The fraction of sp³-hybridized carbons (Fsp3) is 0.0400. The van der Waals surface area contributed by atoms with Crippen LogP contribution in [0.5, 0.6) is 0 Å². The summed E-state index contributed by atoms with van der Waals surface area (Å²) in [5, 5.41) is 6.29. The van der Waals surface area contributed by atoms with E-state index in [1.165, 1.54) is 36.9 Å². The van der Waals surface area contributed by atoms with Gasteiger partial charge in [0, 0.05) is 32.4 Å². The van der Waals surface area contributed by atoms with Crippen LogP contribution in [-0.2, 0) is 6.54 Å². The van der Waals surface area contributed by atoms with Crippen molar-refractivity contribution < 1.29 is 0 Å². The van der Waals surface area contributed by atoms with Crippen LogP contribution in [-0.4, -0.2) is 0 Å². The molecule has 130 valence electrons. The zero-order chi connectivity index (χ0) is 18.1. The van der Waals surface area contributed by atoms with E-state index >= 15 is 0 Å². The third kappa shape index (κ3) is 3.09. The molecule has 1 aromatic heterocycles. The normalized spacial score (nSPS) is 11.1. The van der Waals surface area contributed by atoms with E-state index in [1.54, 1.807) is 0 Å². The smallest absolute Gasteiger partial charge is 0.0415 e. The molecule has 0 atom stereocenters. The summed E-state index contributed by atoms with van der Waals surface area (Å²) in [6, 6.07) is 34.4. The number of hydrogen-bond acceptors (Lipinski definition) is 2. The Balaban J connectivity index is 1.40. The van der Waals surface area contributed by atoms with E-state index in [-0.39, 0.29) is 0 Å². The number of thiophene rings is 1. The van der Waals surface area contributed by atoms with Crippen molar-refractivity contribution in [3.63, 3.8) is 0 Å². The molecule has 5 rings (SSSR count). The molecule has 0 aliphatic carbocycles. The fourth-order valence-corrected chi connectivity index (χ4v) is 4.77. The SMILES string of the molecule is c1ccc(-c2ccc(NCc3cccc4c3sc3ccccc34)cc2)cc1. The van der Waals surface area contributed by atoms with Gasteiger partial charge in [-0.15, -0.1) is 11.3 Å². The molecule has 1 heterocycles. The predicted octanol–water partition coefficient (Wildman–Crippen LogP) is 7.33. The van der Waals surface area contributed by atoms with Crippen molar-refractivity contribution >= 4 is 37.2 Å². The van der Waals surface area contributed by atoms with Gasteiger partial charge in [0.05, 0.1) is 0 Å². The van der Waals surface area contributed by atoms with Crippen LogP contribution in [0, 0.1) is 0 Å². The van der Waals surface area contributed by atoms with Crippen molar-refractivity contribution in [3.8, 4) is 11.1 Å². The van der Waals surface area contributed by atoms with Gasteiger partial charge in [-0.2, -0.15) is 0 Å². The molecular formula is C25H19NS. The van der Waals surface area contributed by atoms with Crippen molar-refractivity contribution in [2.45, 2.75) is 6.54 Å². The van der Waals surface area contributed by atoms with Crippen LogP contribution in [0.25, 0.3) is 31.3 Å². The second-order valence-corrected chi connectivity index (χ2v) is 7.74. The van der Waals surface area contributed by atoms with Crippen molar-refractivity contribution in [1.29, 1.82) is 0 Å². The summed E-state index contributed by atoms with van der Waals surface area (Å²) in [7, 11) is 0. The second-order valence-electron chi connectivity index (χ2n) is 6.69. The minimum absolute atomic E-state index is 0.828. The summed E-state index contributed by atoms with van der Waals surface area (Å²) in [5.41, 5.74) is 4.99. The zero-order valence-electron chi connectivity index (χ0n) is 14.9. The van der Waals surface area contributed by atoms with Crippen molar-refractivity contribution in [2.75, 3.05) is 5.32 Å². The molecule has 0 radical (unpaired) electrons. The number of fused-ring (bicyclic) bond motifs is 3. The molecule has 0 saturated carbocycles. The molecule has 1 nitrogen and oxygen atoms in total. The molecule has 5 aromatic rings. The first-order valence-corrected chi connectivity index (χ1v) is 9.99. The average molecular weight is 366 g/mol. The summed E-state index contributed by atoms with van der Waals surface area (Å²) in [4.78, 5) is 0. The van der Waals surface area contributed by atoms with Crippen molar-refractivity contribution in [2.24, 2.45) is 0 Å². The molecule has 2 heteroatoms. The van der Waals surface area contributed by atoms with E-state index in [0.29, 0.717) is 0 Å². The summed E-state index contributed by atoms with van der Waals surface area (Å²) >= 11 is 1.88. The summed E-state index contributed by atoms with van der Waals surface area (Å²) in [6.07, 6.45) is 0. The standard InChI is InChI=1S/C25H19NS/c1-2-7-18(8-3-1)19-13-15-21(16-14-19)26-17-20-9-6-11-23-22-10-4-5-12-24(22)27-25(20)23/h1-16,26H,17H2. The largest absolute Gasteiger partial charge is 0.381 e. The Morgan fingerprint density at radius 2 is 1.30 bits per heavy atom. The number of benzene rings is 4. The van der Waals surface area contributed by atoms with Gasteiger partial charge in [-0.1, -0.05) is 78.9 Å². The Labute approximate surface area is 162 Å². The highest BCUT2D eigenvalue weighted by atomic mass is 32.1. The minimum Gasteiger partial charge on any atom is -0.381 e. The Morgan fingerprint density at radius 3 is 2.15 bits per heavy atom. The highest BCUT2D eigenvalue weighted by molar-refractivity contribution is 7.26. The first-order chi connectivity index (χ1) is 13.4. The molecule has 0 spiro atoms. The maximum atomic E-state index is 3.58. The molecule has 0 aliphatic heterocycles. The molecular weight excluding hydrogens is 346 g/mol. The number of nitrogens with one attached hydrogen (secondary N) is 1. The van der Waals surface area contributed by atoms with Crippen molar-refractivity contribution in [3.05, 3.63) is 103 Å². The van der Waals surface area contributed by atoms with Crippen LogP contribution in [0.3, 0.4) is 0 Å². The van der Waals surface area contributed by atoms with Gasteiger partial charge in [0.1, 0.15) is 0 Å².